The van der Waals surface area contributed by atoms with Crippen molar-refractivity contribution in [2.45, 2.75) is 32.4 Å². The summed E-state index contributed by atoms with van der Waals surface area (Å²) in [5.74, 6) is -0.104. The third-order valence-corrected chi connectivity index (χ3v) is 5.84. The number of para-hydroxylation sites is 1. The van der Waals surface area contributed by atoms with E-state index in [1.807, 2.05) is 49.4 Å². The second-order valence-corrected chi connectivity index (χ2v) is 8.71. The summed E-state index contributed by atoms with van der Waals surface area (Å²) in [6, 6.07) is 23.1. The van der Waals surface area contributed by atoms with Gasteiger partial charge in [0.15, 0.2) is 6.61 Å². The lowest BCUT2D eigenvalue weighted by molar-refractivity contribution is -0.142. The van der Waals surface area contributed by atoms with Crippen molar-refractivity contribution in [3.63, 3.8) is 0 Å². The molecule has 5 nitrogen and oxygen atoms in total. The highest BCUT2D eigenvalue weighted by atomic mass is 35.5. The molecule has 7 heteroatoms. The SMILES string of the molecule is CCCNC(=O)[C@@H](Cc1ccccc1)N(Cc1ccc(Cl)cc1)C(=O)COc1ccccc1Cl. The molecule has 1 atom stereocenters. The zero-order chi connectivity index (χ0) is 24.3. The fourth-order valence-electron chi connectivity index (χ4n) is 3.49. The molecule has 0 spiro atoms. The van der Waals surface area contributed by atoms with Gasteiger partial charge >= 0.3 is 0 Å². The number of carbonyl (C=O) groups excluding carboxylic acids is 2. The van der Waals surface area contributed by atoms with Crippen molar-refractivity contribution in [2.75, 3.05) is 13.2 Å². The van der Waals surface area contributed by atoms with Crippen molar-refractivity contribution in [1.82, 2.24) is 10.2 Å². The largest absolute Gasteiger partial charge is 0.482 e. The van der Waals surface area contributed by atoms with E-state index in [1.54, 1.807) is 41.3 Å². The molecule has 0 radical (unpaired) electrons. The minimum atomic E-state index is -0.716. The van der Waals surface area contributed by atoms with Gasteiger partial charge in [0.1, 0.15) is 11.8 Å². The van der Waals surface area contributed by atoms with Crippen LogP contribution in [0.4, 0.5) is 0 Å². The van der Waals surface area contributed by atoms with Crippen molar-refractivity contribution in [3.8, 4) is 5.75 Å². The van der Waals surface area contributed by atoms with E-state index in [2.05, 4.69) is 5.32 Å². The number of rotatable bonds is 11. The van der Waals surface area contributed by atoms with E-state index < -0.39 is 6.04 Å². The minimum Gasteiger partial charge on any atom is -0.482 e. The van der Waals surface area contributed by atoms with Gasteiger partial charge in [-0.15, -0.1) is 0 Å². The smallest absolute Gasteiger partial charge is 0.261 e. The number of hydrogen-bond acceptors (Lipinski definition) is 3. The standard InChI is InChI=1S/C27H28Cl2N2O3/c1-2-16-30-27(33)24(17-20-8-4-3-5-9-20)31(18-21-12-14-22(28)15-13-21)26(32)19-34-25-11-7-6-10-23(25)29/h3-15,24H,2,16-19H2,1H3,(H,30,33)/t24-/m1/s1. The highest BCUT2D eigenvalue weighted by molar-refractivity contribution is 6.32. The molecular weight excluding hydrogens is 471 g/mol. The Morgan fingerprint density at radius 1 is 0.912 bits per heavy atom. The first-order chi connectivity index (χ1) is 16.5. The van der Waals surface area contributed by atoms with Crippen LogP contribution in [-0.4, -0.2) is 35.9 Å². The Balaban J connectivity index is 1.89. The molecule has 1 N–H and O–H groups in total. The molecule has 0 aliphatic carbocycles. The molecule has 3 rings (SSSR count). The number of benzene rings is 3. The maximum absolute atomic E-state index is 13.5. The summed E-state index contributed by atoms with van der Waals surface area (Å²) in [6.07, 6.45) is 1.17. The fraction of sp³-hybridized carbons (Fsp3) is 0.259. The van der Waals surface area contributed by atoms with E-state index in [4.69, 9.17) is 27.9 Å². The zero-order valence-electron chi connectivity index (χ0n) is 19.0. The molecule has 0 aromatic heterocycles. The Morgan fingerprint density at radius 2 is 1.59 bits per heavy atom. The van der Waals surface area contributed by atoms with Crippen LogP contribution in [0.15, 0.2) is 78.9 Å². The first kappa shape index (κ1) is 25.6. The van der Waals surface area contributed by atoms with E-state index in [-0.39, 0.29) is 25.0 Å². The molecule has 3 aromatic carbocycles. The lowest BCUT2D eigenvalue weighted by Crippen LogP contribution is -2.51. The van der Waals surface area contributed by atoms with Crippen LogP contribution in [0.3, 0.4) is 0 Å². The average Bonchev–Trinajstić information content (AvgIpc) is 2.85. The zero-order valence-corrected chi connectivity index (χ0v) is 20.6. The van der Waals surface area contributed by atoms with Gasteiger partial charge in [-0.1, -0.05) is 84.7 Å². The highest BCUT2D eigenvalue weighted by Crippen LogP contribution is 2.23. The van der Waals surface area contributed by atoms with Gasteiger partial charge in [0.05, 0.1) is 5.02 Å². The Kier molecular flexibility index (Phi) is 9.80. The van der Waals surface area contributed by atoms with E-state index in [0.717, 1.165) is 17.5 Å². The Labute approximate surface area is 210 Å². The highest BCUT2D eigenvalue weighted by Gasteiger charge is 2.30. The summed E-state index contributed by atoms with van der Waals surface area (Å²) in [6.45, 7) is 2.51. The summed E-state index contributed by atoms with van der Waals surface area (Å²) < 4.78 is 5.72. The Bertz CT molecular complexity index is 1070. The van der Waals surface area contributed by atoms with Crippen LogP contribution in [0.1, 0.15) is 24.5 Å². The first-order valence-electron chi connectivity index (χ1n) is 11.2. The van der Waals surface area contributed by atoms with Crippen molar-refractivity contribution in [3.05, 3.63) is 100 Å². The molecule has 0 saturated carbocycles. The predicted octanol–water partition coefficient (Wildman–Crippen LogP) is 5.54. The number of halogens is 2. The number of ether oxygens (including phenoxy) is 1. The van der Waals surface area contributed by atoms with E-state index in [9.17, 15) is 9.59 Å². The number of carbonyl (C=O) groups is 2. The van der Waals surface area contributed by atoms with Crippen LogP contribution in [0, 0.1) is 0 Å². The van der Waals surface area contributed by atoms with Gasteiger partial charge in [-0.25, -0.2) is 0 Å². The van der Waals surface area contributed by atoms with Crippen LogP contribution < -0.4 is 10.1 Å². The van der Waals surface area contributed by atoms with Gasteiger partial charge in [0.25, 0.3) is 5.91 Å². The van der Waals surface area contributed by atoms with Gasteiger partial charge in [-0.3, -0.25) is 9.59 Å². The lowest BCUT2D eigenvalue weighted by Gasteiger charge is -2.31. The van der Waals surface area contributed by atoms with Gasteiger partial charge < -0.3 is 15.0 Å². The van der Waals surface area contributed by atoms with Crippen molar-refractivity contribution >= 4 is 35.0 Å². The van der Waals surface area contributed by atoms with Crippen LogP contribution >= 0.6 is 23.2 Å². The molecule has 2 amide bonds. The Hall–Kier alpha value is -3.02. The summed E-state index contributed by atoms with van der Waals surface area (Å²) in [7, 11) is 0. The van der Waals surface area contributed by atoms with Gasteiger partial charge in [-0.05, 0) is 41.8 Å². The summed E-state index contributed by atoms with van der Waals surface area (Å²) in [4.78, 5) is 28.3. The minimum absolute atomic E-state index is 0.203. The molecular formula is C27H28Cl2N2O3. The summed E-state index contributed by atoms with van der Waals surface area (Å²) in [5, 5.41) is 3.97. The van der Waals surface area contributed by atoms with Crippen LogP contribution in [-0.2, 0) is 22.6 Å². The van der Waals surface area contributed by atoms with Crippen molar-refractivity contribution in [2.24, 2.45) is 0 Å². The third kappa shape index (κ3) is 7.51. The first-order valence-corrected chi connectivity index (χ1v) is 12.0. The molecule has 3 aromatic rings. The van der Waals surface area contributed by atoms with E-state index in [0.29, 0.717) is 28.8 Å². The number of nitrogens with one attached hydrogen (secondary N) is 1. The second-order valence-electron chi connectivity index (χ2n) is 7.86. The van der Waals surface area contributed by atoms with E-state index >= 15 is 0 Å². The number of nitrogens with zero attached hydrogens (tertiary/aromatic N) is 1. The van der Waals surface area contributed by atoms with Crippen molar-refractivity contribution in [1.29, 1.82) is 0 Å². The summed E-state index contributed by atoms with van der Waals surface area (Å²) in [5.41, 5.74) is 1.82. The topological polar surface area (TPSA) is 58.6 Å². The third-order valence-electron chi connectivity index (χ3n) is 5.27. The van der Waals surface area contributed by atoms with E-state index in [1.165, 1.54) is 0 Å². The maximum atomic E-state index is 13.5. The fourth-order valence-corrected chi connectivity index (χ4v) is 3.81. The van der Waals surface area contributed by atoms with Crippen LogP contribution in [0.25, 0.3) is 0 Å². The molecule has 0 unspecified atom stereocenters. The Morgan fingerprint density at radius 3 is 2.26 bits per heavy atom. The second kappa shape index (κ2) is 13.0. The van der Waals surface area contributed by atoms with Gasteiger partial charge in [-0.2, -0.15) is 0 Å². The summed E-state index contributed by atoms with van der Waals surface area (Å²) >= 11 is 12.2. The average molecular weight is 499 g/mol. The molecule has 0 aliphatic heterocycles. The molecule has 0 aliphatic rings. The molecule has 0 bridgehead atoms. The molecule has 0 fully saturated rings. The quantitative estimate of drug-likeness (QED) is 0.377. The maximum Gasteiger partial charge on any atom is 0.261 e. The monoisotopic (exact) mass is 498 g/mol. The number of hydrogen-bond donors (Lipinski definition) is 1. The molecule has 178 valence electrons. The van der Waals surface area contributed by atoms with Gasteiger partial charge in [0, 0.05) is 24.5 Å². The van der Waals surface area contributed by atoms with Gasteiger partial charge in [0.2, 0.25) is 5.91 Å². The molecule has 34 heavy (non-hydrogen) atoms. The van der Waals surface area contributed by atoms with Crippen LogP contribution in [0.5, 0.6) is 5.75 Å². The van der Waals surface area contributed by atoms with Crippen LogP contribution in [0.2, 0.25) is 10.0 Å². The normalized spacial score (nSPS) is 11.5. The van der Waals surface area contributed by atoms with Crippen molar-refractivity contribution < 1.29 is 14.3 Å². The predicted molar refractivity (Wildman–Crippen MR) is 136 cm³/mol. The number of amides is 2. The molecule has 0 saturated heterocycles. The molecule has 0 heterocycles. The lowest BCUT2D eigenvalue weighted by atomic mass is 10.0.